The number of ether oxygens (including phenoxy) is 1. The van der Waals surface area contributed by atoms with Crippen LogP contribution < -0.4 is 0 Å². The van der Waals surface area contributed by atoms with E-state index >= 15 is 0 Å². The molecule has 3 rings (SSSR count). The quantitative estimate of drug-likeness (QED) is 0.551. The lowest BCUT2D eigenvalue weighted by Crippen LogP contribution is -2.05. The van der Waals surface area contributed by atoms with Crippen LogP contribution in [0.2, 0.25) is 0 Å². The molecular formula is C16H12INO2. The highest BCUT2D eigenvalue weighted by Gasteiger charge is 2.11. The lowest BCUT2D eigenvalue weighted by atomic mass is 10.2. The maximum absolute atomic E-state index is 12.0. The van der Waals surface area contributed by atoms with Gasteiger partial charge in [0.1, 0.15) is 12.3 Å². The second-order valence-corrected chi connectivity index (χ2v) is 5.72. The van der Waals surface area contributed by atoms with Crippen LogP contribution in [0.25, 0.3) is 10.9 Å². The molecule has 0 aliphatic heterocycles. The zero-order valence-corrected chi connectivity index (χ0v) is 12.8. The van der Waals surface area contributed by atoms with Crippen molar-refractivity contribution in [3.8, 4) is 0 Å². The number of hydrogen-bond donors (Lipinski definition) is 1. The summed E-state index contributed by atoms with van der Waals surface area (Å²) in [4.78, 5) is 15.1. The van der Waals surface area contributed by atoms with Gasteiger partial charge < -0.3 is 9.72 Å². The number of H-pyrrole nitrogens is 1. The number of halogens is 1. The van der Waals surface area contributed by atoms with Crippen LogP contribution in [-0.4, -0.2) is 11.0 Å². The second-order valence-electron chi connectivity index (χ2n) is 4.48. The van der Waals surface area contributed by atoms with E-state index in [0.717, 1.165) is 20.0 Å². The average molecular weight is 377 g/mol. The predicted octanol–water partition coefficient (Wildman–Crippen LogP) is 4.13. The van der Waals surface area contributed by atoms with Gasteiger partial charge in [-0.05, 0) is 52.4 Å². The van der Waals surface area contributed by atoms with Crippen molar-refractivity contribution >= 4 is 39.5 Å². The highest BCUT2D eigenvalue weighted by atomic mass is 127. The molecule has 0 radical (unpaired) electrons. The fourth-order valence-electron chi connectivity index (χ4n) is 2.01. The Balaban J connectivity index is 1.75. The molecule has 0 unspecified atom stereocenters. The Morgan fingerprint density at radius 2 is 1.90 bits per heavy atom. The van der Waals surface area contributed by atoms with Gasteiger partial charge >= 0.3 is 5.97 Å². The number of nitrogens with one attached hydrogen (secondary N) is 1. The summed E-state index contributed by atoms with van der Waals surface area (Å²) in [6.07, 6.45) is 0. The zero-order valence-electron chi connectivity index (χ0n) is 10.6. The van der Waals surface area contributed by atoms with Crippen molar-refractivity contribution in [3.63, 3.8) is 0 Å². The Hall–Kier alpha value is -1.82. The summed E-state index contributed by atoms with van der Waals surface area (Å²) in [6, 6.07) is 17.5. The van der Waals surface area contributed by atoms with Crippen LogP contribution in [0, 0.1) is 3.57 Å². The van der Waals surface area contributed by atoms with Gasteiger partial charge in [0.05, 0.1) is 0 Å². The van der Waals surface area contributed by atoms with Crippen LogP contribution in [0.15, 0.2) is 54.6 Å². The highest BCUT2D eigenvalue weighted by Crippen LogP contribution is 2.19. The van der Waals surface area contributed by atoms with Gasteiger partial charge in [0.2, 0.25) is 0 Å². The van der Waals surface area contributed by atoms with Crippen LogP contribution in [0.4, 0.5) is 0 Å². The molecule has 1 N–H and O–H groups in total. The third-order valence-corrected chi connectivity index (χ3v) is 3.69. The standard InChI is InChI=1S/C16H12INO2/c17-13-6-7-14-12(8-13)9-15(18-14)16(19)20-10-11-4-2-1-3-5-11/h1-9,18H,10H2. The van der Waals surface area contributed by atoms with E-state index in [4.69, 9.17) is 4.74 Å². The lowest BCUT2D eigenvalue weighted by molar-refractivity contribution is 0.0467. The van der Waals surface area contributed by atoms with Crippen molar-refractivity contribution in [1.82, 2.24) is 4.98 Å². The molecule has 0 saturated carbocycles. The Kier molecular flexibility index (Phi) is 3.73. The number of aromatic nitrogens is 1. The normalized spacial score (nSPS) is 10.7. The fraction of sp³-hybridized carbons (Fsp3) is 0.0625. The first-order chi connectivity index (χ1) is 9.72. The van der Waals surface area contributed by atoms with E-state index in [-0.39, 0.29) is 12.6 Å². The molecule has 20 heavy (non-hydrogen) atoms. The van der Waals surface area contributed by atoms with E-state index in [9.17, 15) is 4.79 Å². The van der Waals surface area contributed by atoms with Gasteiger partial charge in [0.15, 0.2) is 0 Å². The molecule has 0 aliphatic rings. The van der Waals surface area contributed by atoms with Gasteiger partial charge in [0.25, 0.3) is 0 Å². The predicted molar refractivity (Wildman–Crippen MR) is 86.6 cm³/mol. The van der Waals surface area contributed by atoms with Gasteiger partial charge in [-0.3, -0.25) is 0 Å². The monoisotopic (exact) mass is 377 g/mol. The molecule has 4 heteroatoms. The average Bonchev–Trinajstić information content (AvgIpc) is 2.89. The Morgan fingerprint density at radius 1 is 1.10 bits per heavy atom. The van der Waals surface area contributed by atoms with E-state index in [0.29, 0.717) is 5.69 Å². The minimum Gasteiger partial charge on any atom is -0.456 e. The molecule has 0 saturated heterocycles. The maximum atomic E-state index is 12.0. The Bertz CT molecular complexity index is 750. The molecular weight excluding hydrogens is 365 g/mol. The third-order valence-electron chi connectivity index (χ3n) is 3.02. The first kappa shape index (κ1) is 13.2. The number of esters is 1. The van der Waals surface area contributed by atoms with Gasteiger partial charge in [-0.2, -0.15) is 0 Å². The molecule has 0 amide bonds. The van der Waals surface area contributed by atoms with Crippen LogP contribution in [0.5, 0.6) is 0 Å². The topological polar surface area (TPSA) is 42.1 Å². The summed E-state index contributed by atoms with van der Waals surface area (Å²) >= 11 is 2.25. The smallest absolute Gasteiger partial charge is 0.355 e. The zero-order chi connectivity index (χ0) is 13.9. The number of hydrogen-bond acceptors (Lipinski definition) is 2. The number of benzene rings is 2. The summed E-state index contributed by atoms with van der Waals surface area (Å²) in [5, 5.41) is 1.02. The first-order valence-electron chi connectivity index (χ1n) is 6.22. The number of fused-ring (bicyclic) bond motifs is 1. The largest absolute Gasteiger partial charge is 0.456 e. The maximum Gasteiger partial charge on any atom is 0.355 e. The SMILES string of the molecule is O=C(OCc1ccccc1)c1cc2cc(I)ccc2[nH]1. The fourth-order valence-corrected chi connectivity index (χ4v) is 2.53. The van der Waals surface area contributed by atoms with E-state index in [1.165, 1.54) is 0 Å². The number of carbonyl (C=O) groups is 1. The Morgan fingerprint density at radius 3 is 2.70 bits per heavy atom. The second kappa shape index (κ2) is 5.66. The van der Waals surface area contributed by atoms with E-state index in [1.54, 1.807) is 0 Å². The van der Waals surface area contributed by atoms with Gasteiger partial charge in [-0.25, -0.2) is 4.79 Å². The van der Waals surface area contributed by atoms with Gasteiger partial charge in [-0.15, -0.1) is 0 Å². The van der Waals surface area contributed by atoms with Gasteiger partial charge in [0, 0.05) is 14.5 Å². The summed E-state index contributed by atoms with van der Waals surface area (Å²) in [5.41, 5.74) is 2.40. The molecule has 0 atom stereocenters. The number of rotatable bonds is 3. The molecule has 3 aromatic rings. The molecule has 0 spiro atoms. The van der Waals surface area contributed by atoms with Crippen molar-refractivity contribution in [2.75, 3.05) is 0 Å². The molecule has 100 valence electrons. The molecule has 0 aliphatic carbocycles. The molecule has 0 fully saturated rings. The van der Waals surface area contributed by atoms with Crippen molar-refractivity contribution in [3.05, 3.63) is 69.4 Å². The van der Waals surface area contributed by atoms with Gasteiger partial charge in [-0.1, -0.05) is 30.3 Å². The molecule has 2 aromatic carbocycles. The van der Waals surface area contributed by atoms with Crippen molar-refractivity contribution < 1.29 is 9.53 Å². The summed E-state index contributed by atoms with van der Waals surface area (Å²) < 4.78 is 6.44. The summed E-state index contributed by atoms with van der Waals surface area (Å²) in [7, 11) is 0. The van der Waals surface area contributed by atoms with Crippen LogP contribution in [0.1, 0.15) is 16.1 Å². The number of aromatic amines is 1. The van der Waals surface area contributed by atoms with Crippen molar-refractivity contribution in [2.45, 2.75) is 6.61 Å². The van der Waals surface area contributed by atoms with Crippen LogP contribution in [0.3, 0.4) is 0 Å². The third kappa shape index (κ3) is 2.85. The molecule has 1 heterocycles. The van der Waals surface area contributed by atoms with Crippen LogP contribution >= 0.6 is 22.6 Å². The molecule has 3 nitrogen and oxygen atoms in total. The Labute approximate surface area is 130 Å². The lowest BCUT2D eigenvalue weighted by Gasteiger charge is -2.02. The summed E-state index contributed by atoms with van der Waals surface area (Å²) in [6.45, 7) is 0.284. The van der Waals surface area contributed by atoms with E-state index in [1.807, 2.05) is 54.6 Å². The van der Waals surface area contributed by atoms with E-state index < -0.39 is 0 Å². The van der Waals surface area contributed by atoms with E-state index in [2.05, 4.69) is 27.6 Å². The number of carbonyl (C=O) groups excluding carboxylic acids is 1. The minimum absolute atomic E-state index is 0.284. The highest BCUT2D eigenvalue weighted by molar-refractivity contribution is 14.1. The molecule has 1 aromatic heterocycles. The molecule has 0 bridgehead atoms. The first-order valence-corrected chi connectivity index (χ1v) is 7.29. The van der Waals surface area contributed by atoms with Crippen molar-refractivity contribution in [1.29, 1.82) is 0 Å². The minimum atomic E-state index is -0.333. The summed E-state index contributed by atoms with van der Waals surface area (Å²) in [5.74, 6) is -0.333. The van der Waals surface area contributed by atoms with Crippen LogP contribution in [-0.2, 0) is 11.3 Å². The van der Waals surface area contributed by atoms with Crippen molar-refractivity contribution in [2.24, 2.45) is 0 Å².